The zero-order chi connectivity index (χ0) is 16.9. The number of nitrogens with zero attached hydrogens (tertiary/aromatic N) is 4. The Balaban J connectivity index is 0.000000220. The minimum Gasteiger partial charge on any atom is -0.343 e. The van der Waals surface area contributed by atoms with Gasteiger partial charge in [-0.2, -0.15) is 0 Å². The van der Waals surface area contributed by atoms with Crippen LogP contribution >= 0.6 is 0 Å². The minimum atomic E-state index is 0.241. The van der Waals surface area contributed by atoms with Crippen molar-refractivity contribution in [1.29, 1.82) is 0 Å². The van der Waals surface area contributed by atoms with Crippen molar-refractivity contribution in [3.05, 3.63) is 0 Å². The van der Waals surface area contributed by atoms with Gasteiger partial charge in [-0.05, 0) is 34.7 Å². The van der Waals surface area contributed by atoms with Crippen molar-refractivity contribution in [1.82, 2.24) is 19.6 Å². The van der Waals surface area contributed by atoms with Crippen LogP contribution in [0.25, 0.3) is 0 Å². The van der Waals surface area contributed by atoms with E-state index in [0.717, 1.165) is 26.2 Å². The first-order valence-electron chi connectivity index (χ1n) is 8.18. The van der Waals surface area contributed by atoms with E-state index in [-0.39, 0.29) is 11.8 Å². The van der Waals surface area contributed by atoms with Gasteiger partial charge in [0.05, 0.1) is 13.1 Å². The third-order valence-electron chi connectivity index (χ3n) is 4.29. The van der Waals surface area contributed by atoms with Crippen molar-refractivity contribution >= 4 is 11.8 Å². The molecule has 2 amide bonds. The van der Waals surface area contributed by atoms with Crippen molar-refractivity contribution < 1.29 is 9.59 Å². The molecule has 128 valence electrons. The van der Waals surface area contributed by atoms with E-state index in [1.807, 2.05) is 19.0 Å². The molecule has 2 heterocycles. The number of likely N-dealkylation sites (N-methyl/N-ethyl adjacent to an activating group) is 2. The summed E-state index contributed by atoms with van der Waals surface area (Å²) in [6.07, 6.45) is 0. The summed E-state index contributed by atoms with van der Waals surface area (Å²) in [4.78, 5) is 30.5. The third-order valence-corrected chi connectivity index (χ3v) is 4.29. The summed E-state index contributed by atoms with van der Waals surface area (Å²) < 4.78 is 0. The Bertz CT molecular complexity index is 384. The Morgan fingerprint density at radius 1 is 0.773 bits per heavy atom. The van der Waals surface area contributed by atoms with Crippen LogP contribution in [0.4, 0.5) is 0 Å². The van der Waals surface area contributed by atoms with E-state index in [4.69, 9.17) is 0 Å². The van der Waals surface area contributed by atoms with E-state index in [0.29, 0.717) is 25.2 Å². The number of hydrogen-bond donors (Lipinski definition) is 0. The van der Waals surface area contributed by atoms with Gasteiger partial charge >= 0.3 is 0 Å². The van der Waals surface area contributed by atoms with Gasteiger partial charge < -0.3 is 9.80 Å². The van der Waals surface area contributed by atoms with Crippen LogP contribution in [0.3, 0.4) is 0 Å². The summed E-state index contributed by atoms with van der Waals surface area (Å²) in [7, 11) is 3.84. The van der Waals surface area contributed by atoms with Gasteiger partial charge in [-0.25, -0.2) is 0 Å². The zero-order valence-electron chi connectivity index (χ0n) is 15.0. The lowest BCUT2D eigenvalue weighted by atomic mass is 10.2. The van der Waals surface area contributed by atoms with E-state index >= 15 is 0 Å². The van der Waals surface area contributed by atoms with Crippen molar-refractivity contribution in [2.45, 2.75) is 39.8 Å². The Hall–Kier alpha value is -1.14. The molecule has 0 bridgehead atoms. The molecule has 0 aromatic heterocycles. The van der Waals surface area contributed by atoms with Crippen molar-refractivity contribution in [2.75, 3.05) is 53.4 Å². The SMILES string of the molecule is CC(C)N1CCN(C)C(=O)C1.CC(C)N1CCN(C)CC1=O. The topological polar surface area (TPSA) is 47.1 Å². The highest BCUT2D eigenvalue weighted by atomic mass is 16.2. The van der Waals surface area contributed by atoms with Gasteiger partial charge in [-0.15, -0.1) is 0 Å². The molecule has 2 aliphatic rings. The Kier molecular flexibility index (Phi) is 7.29. The van der Waals surface area contributed by atoms with Crippen LogP contribution in [-0.4, -0.2) is 96.9 Å². The van der Waals surface area contributed by atoms with Gasteiger partial charge in [0.1, 0.15) is 0 Å². The molecule has 0 atom stereocenters. The minimum absolute atomic E-state index is 0.241. The number of amides is 2. The Labute approximate surface area is 135 Å². The fourth-order valence-corrected chi connectivity index (χ4v) is 2.57. The van der Waals surface area contributed by atoms with Gasteiger partial charge in [0.2, 0.25) is 11.8 Å². The molecule has 0 radical (unpaired) electrons. The maximum atomic E-state index is 11.3. The second-order valence-corrected chi connectivity index (χ2v) is 6.80. The van der Waals surface area contributed by atoms with Gasteiger partial charge in [-0.1, -0.05) is 0 Å². The lowest BCUT2D eigenvalue weighted by molar-refractivity contribution is -0.137. The molecule has 22 heavy (non-hydrogen) atoms. The summed E-state index contributed by atoms with van der Waals surface area (Å²) in [5.41, 5.74) is 0. The highest BCUT2D eigenvalue weighted by Crippen LogP contribution is 2.05. The quantitative estimate of drug-likeness (QED) is 0.738. The number of rotatable bonds is 2. The van der Waals surface area contributed by atoms with Gasteiger partial charge in [0.25, 0.3) is 0 Å². The van der Waals surface area contributed by atoms with Gasteiger partial charge in [0, 0.05) is 45.3 Å². The first kappa shape index (κ1) is 18.9. The lowest BCUT2D eigenvalue weighted by Crippen LogP contribution is -2.51. The molecule has 0 N–H and O–H groups in total. The lowest BCUT2D eigenvalue weighted by Gasteiger charge is -2.34. The average molecular weight is 312 g/mol. The Morgan fingerprint density at radius 3 is 1.86 bits per heavy atom. The number of piperazine rings is 2. The summed E-state index contributed by atoms with van der Waals surface area (Å²) in [6, 6.07) is 0.851. The molecule has 0 spiro atoms. The maximum Gasteiger partial charge on any atom is 0.237 e. The van der Waals surface area contributed by atoms with Gasteiger partial charge in [-0.3, -0.25) is 19.4 Å². The first-order valence-corrected chi connectivity index (χ1v) is 8.18. The smallest absolute Gasteiger partial charge is 0.237 e. The molecular formula is C16H32N4O2. The van der Waals surface area contributed by atoms with Crippen LogP contribution in [0.2, 0.25) is 0 Å². The highest BCUT2D eigenvalue weighted by Gasteiger charge is 2.23. The van der Waals surface area contributed by atoms with E-state index in [1.54, 1.807) is 4.90 Å². The predicted molar refractivity (Wildman–Crippen MR) is 88.7 cm³/mol. The fraction of sp³-hybridized carbons (Fsp3) is 0.875. The standard InChI is InChI=1S/2C8H16N2O/c1-7(2)10-5-4-9(3)8(11)6-10;1-7(2)10-5-4-9(3)6-8(10)11/h2*7H,4-6H2,1-3H3. The van der Waals surface area contributed by atoms with E-state index in [9.17, 15) is 9.59 Å². The summed E-state index contributed by atoms with van der Waals surface area (Å²) >= 11 is 0. The van der Waals surface area contributed by atoms with Gasteiger partial charge in [0.15, 0.2) is 0 Å². The summed E-state index contributed by atoms with van der Waals surface area (Å²) in [5, 5.41) is 0. The molecular weight excluding hydrogens is 280 g/mol. The number of hydrogen-bond acceptors (Lipinski definition) is 4. The van der Waals surface area contributed by atoms with Crippen molar-refractivity contribution in [2.24, 2.45) is 0 Å². The second kappa shape index (κ2) is 8.48. The van der Waals surface area contributed by atoms with Crippen LogP contribution in [-0.2, 0) is 9.59 Å². The Morgan fingerprint density at radius 2 is 1.41 bits per heavy atom. The molecule has 0 unspecified atom stereocenters. The largest absolute Gasteiger partial charge is 0.343 e. The molecule has 2 fully saturated rings. The van der Waals surface area contributed by atoms with Crippen LogP contribution in [0, 0.1) is 0 Å². The molecule has 0 aliphatic carbocycles. The van der Waals surface area contributed by atoms with E-state index in [2.05, 4.69) is 37.5 Å². The van der Waals surface area contributed by atoms with Crippen LogP contribution in [0.5, 0.6) is 0 Å². The zero-order valence-corrected chi connectivity index (χ0v) is 15.0. The summed E-state index contributed by atoms with van der Waals surface area (Å²) in [5.74, 6) is 0.499. The molecule has 0 aromatic carbocycles. The molecule has 6 heteroatoms. The van der Waals surface area contributed by atoms with Crippen molar-refractivity contribution in [3.8, 4) is 0 Å². The molecule has 2 rings (SSSR count). The first-order chi connectivity index (χ1) is 10.2. The number of carbonyl (C=O) groups excluding carboxylic acids is 2. The maximum absolute atomic E-state index is 11.3. The average Bonchev–Trinajstić information content (AvgIpc) is 2.41. The molecule has 2 aliphatic heterocycles. The number of carbonyl (C=O) groups is 2. The van der Waals surface area contributed by atoms with Crippen LogP contribution < -0.4 is 0 Å². The molecule has 6 nitrogen and oxygen atoms in total. The predicted octanol–water partition coefficient (Wildman–Crippen LogP) is 0.338. The monoisotopic (exact) mass is 312 g/mol. The fourth-order valence-electron chi connectivity index (χ4n) is 2.57. The van der Waals surface area contributed by atoms with E-state index < -0.39 is 0 Å². The molecule has 0 aromatic rings. The molecule has 2 saturated heterocycles. The summed E-state index contributed by atoms with van der Waals surface area (Å²) in [6.45, 7) is 13.3. The molecule has 0 saturated carbocycles. The van der Waals surface area contributed by atoms with Crippen LogP contribution in [0.15, 0.2) is 0 Å². The van der Waals surface area contributed by atoms with Crippen molar-refractivity contribution in [3.63, 3.8) is 0 Å². The van der Waals surface area contributed by atoms with Crippen LogP contribution in [0.1, 0.15) is 27.7 Å². The highest BCUT2D eigenvalue weighted by molar-refractivity contribution is 5.79. The third kappa shape index (κ3) is 5.57. The normalized spacial score (nSPS) is 21.5. The second-order valence-electron chi connectivity index (χ2n) is 6.80. The van der Waals surface area contributed by atoms with E-state index in [1.165, 1.54) is 0 Å².